The van der Waals surface area contributed by atoms with Crippen molar-refractivity contribution in [2.75, 3.05) is 6.61 Å². The SMILES string of the molecule is CCCCCC/C(=C/[C@@H]1CCC[C@H](CC(=O)OCC)O1)OC(C)=O. The van der Waals surface area contributed by atoms with Crippen LogP contribution in [0.4, 0.5) is 0 Å². The molecular weight excluding hydrogens is 308 g/mol. The molecule has 0 aliphatic carbocycles. The number of ether oxygens (including phenoxy) is 3. The average molecular weight is 340 g/mol. The summed E-state index contributed by atoms with van der Waals surface area (Å²) in [6.07, 6.45) is 10.00. The van der Waals surface area contributed by atoms with Gasteiger partial charge in [0.2, 0.25) is 0 Å². The zero-order chi connectivity index (χ0) is 17.8. The quantitative estimate of drug-likeness (QED) is 0.337. The molecule has 0 aromatic rings. The van der Waals surface area contributed by atoms with E-state index in [4.69, 9.17) is 14.2 Å². The highest BCUT2D eigenvalue weighted by Crippen LogP contribution is 2.24. The maximum Gasteiger partial charge on any atom is 0.308 e. The van der Waals surface area contributed by atoms with E-state index < -0.39 is 0 Å². The molecule has 24 heavy (non-hydrogen) atoms. The van der Waals surface area contributed by atoms with E-state index in [0.29, 0.717) is 12.4 Å². The average Bonchev–Trinajstić information content (AvgIpc) is 2.51. The summed E-state index contributed by atoms with van der Waals surface area (Å²) in [6.45, 7) is 5.78. The van der Waals surface area contributed by atoms with Gasteiger partial charge in [-0.25, -0.2) is 0 Å². The molecule has 0 aromatic heterocycles. The van der Waals surface area contributed by atoms with Crippen molar-refractivity contribution < 1.29 is 23.8 Å². The first-order chi connectivity index (χ1) is 11.5. The van der Waals surface area contributed by atoms with Crippen LogP contribution >= 0.6 is 0 Å². The molecule has 0 saturated carbocycles. The number of carbonyl (C=O) groups is 2. The predicted octanol–water partition coefficient (Wildman–Crippen LogP) is 4.29. The molecule has 0 spiro atoms. The molecule has 0 radical (unpaired) electrons. The van der Waals surface area contributed by atoms with Crippen molar-refractivity contribution in [2.24, 2.45) is 0 Å². The fraction of sp³-hybridized carbons (Fsp3) is 0.789. The Balaban J connectivity index is 2.55. The Morgan fingerprint density at radius 3 is 2.62 bits per heavy atom. The van der Waals surface area contributed by atoms with Crippen LogP contribution in [-0.2, 0) is 23.8 Å². The molecule has 1 fully saturated rings. The van der Waals surface area contributed by atoms with Crippen LogP contribution in [-0.4, -0.2) is 30.8 Å². The first-order valence-electron chi connectivity index (χ1n) is 9.25. The molecule has 1 rings (SSSR count). The summed E-state index contributed by atoms with van der Waals surface area (Å²) in [5.41, 5.74) is 0. The van der Waals surface area contributed by atoms with Gasteiger partial charge >= 0.3 is 11.9 Å². The van der Waals surface area contributed by atoms with Crippen LogP contribution in [0.25, 0.3) is 0 Å². The summed E-state index contributed by atoms with van der Waals surface area (Å²) in [5, 5.41) is 0. The normalized spacial score (nSPS) is 21.4. The number of hydrogen-bond donors (Lipinski definition) is 0. The molecule has 1 aliphatic rings. The van der Waals surface area contributed by atoms with Crippen molar-refractivity contribution in [2.45, 2.75) is 90.8 Å². The number of esters is 2. The van der Waals surface area contributed by atoms with Crippen molar-refractivity contribution in [1.82, 2.24) is 0 Å². The smallest absolute Gasteiger partial charge is 0.308 e. The van der Waals surface area contributed by atoms with Crippen LogP contribution in [0.2, 0.25) is 0 Å². The third-order valence-corrected chi connectivity index (χ3v) is 4.00. The molecule has 0 bridgehead atoms. The second-order valence-electron chi connectivity index (χ2n) is 6.27. The zero-order valence-electron chi connectivity index (χ0n) is 15.3. The molecular formula is C19H32O5. The van der Waals surface area contributed by atoms with Gasteiger partial charge in [-0.1, -0.05) is 26.2 Å². The lowest BCUT2D eigenvalue weighted by Crippen LogP contribution is -2.29. The first-order valence-corrected chi connectivity index (χ1v) is 9.25. The van der Waals surface area contributed by atoms with Gasteiger partial charge in [-0.2, -0.15) is 0 Å². The number of unbranched alkanes of at least 4 members (excludes halogenated alkanes) is 3. The maximum absolute atomic E-state index is 11.6. The molecule has 0 aromatic carbocycles. The fourth-order valence-corrected chi connectivity index (χ4v) is 2.89. The summed E-state index contributed by atoms with van der Waals surface area (Å²) in [6, 6.07) is 0. The van der Waals surface area contributed by atoms with Crippen molar-refractivity contribution >= 4 is 11.9 Å². The Labute approximate surface area is 145 Å². The summed E-state index contributed by atoms with van der Waals surface area (Å²) < 4.78 is 16.3. The van der Waals surface area contributed by atoms with Gasteiger partial charge in [-0.3, -0.25) is 9.59 Å². The van der Waals surface area contributed by atoms with E-state index in [1.165, 1.54) is 19.8 Å². The van der Waals surface area contributed by atoms with Gasteiger partial charge in [-0.15, -0.1) is 0 Å². The second-order valence-corrected chi connectivity index (χ2v) is 6.27. The fourth-order valence-electron chi connectivity index (χ4n) is 2.89. The lowest BCUT2D eigenvalue weighted by Gasteiger charge is -2.28. The van der Waals surface area contributed by atoms with Gasteiger partial charge < -0.3 is 14.2 Å². The maximum atomic E-state index is 11.6. The topological polar surface area (TPSA) is 61.8 Å². The molecule has 0 unspecified atom stereocenters. The summed E-state index contributed by atoms with van der Waals surface area (Å²) in [4.78, 5) is 22.9. The van der Waals surface area contributed by atoms with E-state index in [-0.39, 0.29) is 30.6 Å². The van der Waals surface area contributed by atoms with E-state index in [2.05, 4.69) is 6.92 Å². The van der Waals surface area contributed by atoms with Gasteiger partial charge in [-0.05, 0) is 38.7 Å². The van der Waals surface area contributed by atoms with E-state index in [1.807, 2.05) is 6.08 Å². The van der Waals surface area contributed by atoms with Crippen LogP contribution in [0, 0.1) is 0 Å². The van der Waals surface area contributed by atoms with Crippen LogP contribution in [0.15, 0.2) is 11.8 Å². The van der Waals surface area contributed by atoms with Gasteiger partial charge in [0.1, 0.15) is 5.76 Å². The Morgan fingerprint density at radius 1 is 1.17 bits per heavy atom. The lowest BCUT2D eigenvalue weighted by atomic mass is 10.0. The third kappa shape index (κ3) is 9.06. The Kier molecular flexibility index (Phi) is 10.4. The summed E-state index contributed by atoms with van der Waals surface area (Å²) in [5.74, 6) is 0.183. The molecule has 5 nitrogen and oxygen atoms in total. The zero-order valence-corrected chi connectivity index (χ0v) is 15.3. The summed E-state index contributed by atoms with van der Waals surface area (Å²) in [7, 11) is 0. The Hall–Kier alpha value is -1.36. The van der Waals surface area contributed by atoms with Gasteiger partial charge in [0.25, 0.3) is 0 Å². The molecule has 138 valence electrons. The van der Waals surface area contributed by atoms with E-state index in [9.17, 15) is 9.59 Å². The van der Waals surface area contributed by atoms with Crippen LogP contribution in [0.1, 0.15) is 78.6 Å². The lowest BCUT2D eigenvalue weighted by molar-refractivity contribution is -0.148. The van der Waals surface area contributed by atoms with Crippen molar-refractivity contribution in [3.05, 3.63) is 11.8 Å². The minimum absolute atomic E-state index is 0.0984. The Morgan fingerprint density at radius 2 is 1.96 bits per heavy atom. The van der Waals surface area contributed by atoms with Crippen LogP contribution in [0.5, 0.6) is 0 Å². The molecule has 5 heteroatoms. The molecule has 0 N–H and O–H groups in total. The Bertz CT molecular complexity index is 416. The van der Waals surface area contributed by atoms with Crippen LogP contribution < -0.4 is 0 Å². The first kappa shape index (κ1) is 20.7. The third-order valence-electron chi connectivity index (χ3n) is 4.00. The highest BCUT2D eigenvalue weighted by atomic mass is 16.5. The highest BCUT2D eigenvalue weighted by molar-refractivity contribution is 5.70. The molecule has 0 amide bonds. The van der Waals surface area contributed by atoms with E-state index in [0.717, 1.165) is 38.5 Å². The van der Waals surface area contributed by atoms with Crippen molar-refractivity contribution in [3.8, 4) is 0 Å². The monoisotopic (exact) mass is 340 g/mol. The van der Waals surface area contributed by atoms with Crippen LogP contribution in [0.3, 0.4) is 0 Å². The number of allylic oxidation sites excluding steroid dienone is 1. The van der Waals surface area contributed by atoms with E-state index in [1.54, 1.807) is 6.92 Å². The van der Waals surface area contributed by atoms with Crippen molar-refractivity contribution in [3.63, 3.8) is 0 Å². The van der Waals surface area contributed by atoms with Gasteiger partial charge in [0.05, 0.1) is 25.2 Å². The molecule has 1 heterocycles. The number of hydrogen-bond acceptors (Lipinski definition) is 5. The predicted molar refractivity (Wildman–Crippen MR) is 92.4 cm³/mol. The van der Waals surface area contributed by atoms with E-state index >= 15 is 0 Å². The second kappa shape index (κ2) is 12.1. The number of carbonyl (C=O) groups excluding carboxylic acids is 2. The standard InChI is InChI=1S/C19H32O5/c1-4-6-7-8-10-16(23-15(3)20)13-17-11-9-12-18(24-17)14-19(21)22-5-2/h13,17-18H,4-12,14H2,1-3H3/b16-13-/t17-,18+/m0/s1. The van der Waals surface area contributed by atoms with Gasteiger partial charge in [0.15, 0.2) is 0 Å². The summed E-state index contributed by atoms with van der Waals surface area (Å²) >= 11 is 0. The molecule has 2 atom stereocenters. The van der Waals surface area contributed by atoms with Gasteiger partial charge in [0, 0.05) is 13.3 Å². The molecule has 1 aliphatic heterocycles. The largest absolute Gasteiger partial charge is 0.466 e. The minimum atomic E-state index is -0.296. The highest BCUT2D eigenvalue weighted by Gasteiger charge is 2.24. The van der Waals surface area contributed by atoms with Crippen molar-refractivity contribution in [1.29, 1.82) is 0 Å². The minimum Gasteiger partial charge on any atom is -0.466 e. The number of rotatable bonds is 10. The molecule has 1 saturated heterocycles.